The van der Waals surface area contributed by atoms with Gasteiger partial charge in [-0.15, -0.1) is 0 Å². The summed E-state index contributed by atoms with van der Waals surface area (Å²) in [4.78, 5) is 2.29. The number of likely N-dealkylation sites (N-methyl/N-ethyl adjacent to an activating group) is 1. The monoisotopic (exact) mass is 330 g/mol. The normalized spacial score (nSPS) is 19.6. The summed E-state index contributed by atoms with van der Waals surface area (Å²) in [5, 5.41) is 2.16. The van der Waals surface area contributed by atoms with Gasteiger partial charge >= 0.3 is 0 Å². The fourth-order valence-electron chi connectivity index (χ4n) is 2.15. The Morgan fingerprint density at radius 1 is 1.37 bits per heavy atom. The van der Waals surface area contributed by atoms with Crippen LogP contribution in [0.1, 0.15) is 11.6 Å². The molecule has 4 nitrogen and oxygen atoms in total. The Balaban J connectivity index is 2.01. The highest BCUT2D eigenvalue weighted by molar-refractivity contribution is 9.10. The third-order valence-corrected chi connectivity index (χ3v) is 4.07. The molecule has 0 aliphatic carbocycles. The average molecular weight is 331 g/mol. The summed E-state index contributed by atoms with van der Waals surface area (Å²) in [6, 6.07) is 5.10. The number of nitrogens with zero attached hydrogens (tertiary/aromatic N) is 2. The minimum absolute atomic E-state index is 0.0500. The summed E-state index contributed by atoms with van der Waals surface area (Å²) < 4.78 is 14.0. The SMILES string of the molecule is CN1CCN(NC(CN)c2ccc(Br)c(F)c2)CC1. The van der Waals surface area contributed by atoms with Crippen molar-refractivity contribution >= 4 is 15.9 Å². The Bertz CT molecular complexity index is 421. The predicted octanol–water partition coefficient (Wildman–Crippen LogP) is 1.34. The van der Waals surface area contributed by atoms with Crippen LogP contribution in [-0.4, -0.2) is 49.7 Å². The van der Waals surface area contributed by atoms with Gasteiger partial charge in [-0.3, -0.25) is 0 Å². The number of piperazine rings is 1. The van der Waals surface area contributed by atoms with Crippen molar-refractivity contribution in [3.05, 3.63) is 34.1 Å². The van der Waals surface area contributed by atoms with E-state index in [1.54, 1.807) is 6.07 Å². The zero-order chi connectivity index (χ0) is 13.8. The van der Waals surface area contributed by atoms with Gasteiger partial charge in [-0.05, 0) is 40.7 Å². The zero-order valence-corrected chi connectivity index (χ0v) is 12.7. The molecule has 0 aromatic heterocycles. The molecule has 6 heteroatoms. The summed E-state index contributed by atoms with van der Waals surface area (Å²) in [7, 11) is 2.11. The number of halogens is 2. The van der Waals surface area contributed by atoms with Crippen LogP contribution in [0, 0.1) is 5.82 Å². The standard InChI is InChI=1S/C13H20BrFN4/c1-18-4-6-19(7-5-18)17-13(9-16)10-2-3-11(14)12(15)8-10/h2-3,8,13,17H,4-7,9,16H2,1H3. The van der Waals surface area contributed by atoms with Gasteiger partial charge in [-0.25, -0.2) is 14.8 Å². The van der Waals surface area contributed by atoms with Crippen molar-refractivity contribution in [2.24, 2.45) is 5.73 Å². The molecule has 1 fully saturated rings. The van der Waals surface area contributed by atoms with Crippen molar-refractivity contribution in [2.75, 3.05) is 39.8 Å². The maximum absolute atomic E-state index is 13.6. The molecule has 19 heavy (non-hydrogen) atoms. The predicted molar refractivity (Wildman–Crippen MR) is 78.1 cm³/mol. The lowest BCUT2D eigenvalue weighted by atomic mass is 10.1. The van der Waals surface area contributed by atoms with E-state index in [-0.39, 0.29) is 11.9 Å². The van der Waals surface area contributed by atoms with Gasteiger partial charge in [0.25, 0.3) is 0 Å². The van der Waals surface area contributed by atoms with E-state index < -0.39 is 0 Å². The van der Waals surface area contributed by atoms with Crippen LogP contribution < -0.4 is 11.2 Å². The molecule has 2 rings (SSSR count). The minimum atomic E-state index is -0.254. The lowest BCUT2D eigenvalue weighted by Gasteiger charge is -2.35. The molecule has 1 saturated heterocycles. The maximum atomic E-state index is 13.6. The van der Waals surface area contributed by atoms with Crippen molar-refractivity contribution in [3.63, 3.8) is 0 Å². The number of hydrazine groups is 1. The van der Waals surface area contributed by atoms with Gasteiger partial charge in [-0.1, -0.05) is 6.07 Å². The van der Waals surface area contributed by atoms with Crippen LogP contribution in [0.15, 0.2) is 22.7 Å². The molecule has 1 aliphatic heterocycles. The van der Waals surface area contributed by atoms with Gasteiger partial charge in [-0.2, -0.15) is 0 Å². The maximum Gasteiger partial charge on any atom is 0.137 e. The molecule has 1 aromatic rings. The molecule has 1 atom stereocenters. The Kier molecular flexibility index (Phi) is 5.29. The summed E-state index contributed by atoms with van der Waals surface area (Å²) >= 11 is 3.16. The first kappa shape index (κ1) is 14.9. The Labute approximate surface area is 121 Å². The molecule has 1 aliphatic rings. The van der Waals surface area contributed by atoms with E-state index in [1.165, 1.54) is 6.07 Å². The third-order valence-electron chi connectivity index (χ3n) is 3.42. The largest absolute Gasteiger partial charge is 0.329 e. The smallest absolute Gasteiger partial charge is 0.137 e. The molecule has 0 spiro atoms. The van der Waals surface area contributed by atoms with Crippen LogP contribution in [0.3, 0.4) is 0 Å². The number of nitrogens with two attached hydrogens (primary N) is 1. The molecule has 1 heterocycles. The highest BCUT2D eigenvalue weighted by Gasteiger charge is 2.18. The second-order valence-electron chi connectivity index (χ2n) is 4.88. The van der Waals surface area contributed by atoms with E-state index in [4.69, 9.17) is 5.73 Å². The highest BCUT2D eigenvalue weighted by atomic mass is 79.9. The first-order chi connectivity index (χ1) is 9.10. The van der Waals surface area contributed by atoms with E-state index >= 15 is 0 Å². The molecule has 0 radical (unpaired) electrons. The molecule has 1 unspecified atom stereocenters. The fraction of sp³-hybridized carbons (Fsp3) is 0.538. The Morgan fingerprint density at radius 2 is 2.05 bits per heavy atom. The van der Waals surface area contributed by atoms with Crippen LogP contribution in [0.4, 0.5) is 4.39 Å². The minimum Gasteiger partial charge on any atom is -0.329 e. The number of rotatable bonds is 4. The first-order valence-corrected chi connectivity index (χ1v) is 7.24. The number of hydrogen-bond donors (Lipinski definition) is 2. The molecule has 0 bridgehead atoms. The molecule has 0 saturated carbocycles. The quantitative estimate of drug-likeness (QED) is 0.874. The van der Waals surface area contributed by atoms with E-state index in [1.807, 2.05) is 6.07 Å². The van der Waals surface area contributed by atoms with Crippen molar-refractivity contribution in [2.45, 2.75) is 6.04 Å². The second kappa shape index (κ2) is 6.76. The summed E-state index contributed by atoms with van der Waals surface area (Å²) in [6.45, 7) is 4.39. The van der Waals surface area contributed by atoms with E-state index in [2.05, 4.69) is 38.3 Å². The van der Waals surface area contributed by atoms with Crippen LogP contribution >= 0.6 is 15.9 Å². The van der Waals surface area contributed by atoms with E-state index in [0.29, 0.717) is 11.0 Å². The second-order valence-corrected chi connectivity index (χ2v) is 5.74. The summed E-state index contributed by atoms with van der Waals surface area (Å²) in [5.41, 5.74) is 10.1. The number of hydrogen-bond acceptors (Lipinski definition) is 4. The van der Waals surface area contributed by atoms with Crippen molar-refractivity contribution in [1.29, 1.82) is 0 Å². The summed E-state index contributed by atoms with van der Waals surface area (Å²) in [6.07, 6.45) is 0. The van der Waals surface area contributed by atoms with Gasteiger partial charge in [0.05, 0.1) is 10.5 Å². The Morgan fingerprint density at radius 3 is 2.63 bits per heavy atom. The van der Waals surface area contributed by atoms with Crippen molar-refractivity contribution in [3.8, 4) is 0 Å². The zero-order valence-electron chi connectivity index (χ0n) is 11.1. The van der Waals surface area contributed by atoms with Crippen molar-refractivity contribution in [1.82, 2.24) is 15.3 Å². The lowest BCUT2D eigenvalue weighted by Crippen LogP contribution is -2.52. The van der Waals surface area contributed by atoms with Crippen molar-refractivity contribution < 1.29 is 4.39 Å². The van der Waals surface area contributed by atoms with Crippen LogP contribution in [0.25, 0.3) is 0 Å². The number of nitrogens with one attached hydrogen (secondary N) is 1. The molecular formula is C13H20BrFN4. The molecule has 106 valence electrons. The third kappa shape index (κ3) is 3.97. The Hall–Kier alpha value is -0.530. The number of benzene rings is 1. The molecule has 1 aromatic carbocycles. The van der Waals surface area contributed by atoms with Crippen LogP contribution in [0.5, 0.6) is 0 Å². The van der Waals surface area contributed by atoms with Crippen LogP contribution in [-0.2, 0) is 0 Å². The summed E-state index contributed by atoms with van der Waals surface area (Å²) in [5.74, 6) is -0.254. The first-order valence-electron chi connectivity index (χ1n) is 6.45. The molecular weight excluding hydrogens is 311 g/mol. The van der Waals surface area contributed by atoms with E-state index in [9.17, 15) is 4.39 Å². The lowest BCUT2D eigenvalue weighted by molar-refractivity contribution is 0.0879. The van der Waals surface area contributed by atoms with E-state index in [0.717, 1.165) is 31.7 Å². The van der Waals surface area contributed by atoms with Gasteiger partial charge in [0.15, 0.2) is 0 Å². The van der Waals surface area contributed by atoms with Gasteiger partial charge in [0.2, 0.25) is 0 Å². The molecule has 0 amide bonds. The van der Waals surface area contributed by atoms with Gasteiger partial charge in [0.1, 0.15) is 5.82 Å². The van der Waals surface area contributed by atoms with Gasteiger partial charge in [0, 0.05) is 32.7 Å². The highest BCUT2D eigenvalue weighted by Crippen LogP contribution is 2.20. The fourth-order valence-corrected chi connectivity index (χ4v) is 2.40. The average Bonchev–Trinajstić information content (AvgIpc) is 2.41. The topological polar surface area (TPSA) is 44.5 Å². The van der Waals surface area contributed by atoms with Gasteiger partial charge < -0.3 is 10.6 Å². The molecule has 3 N–H and O–H groups in total. The van der Waals surface area contributed by atoms with Crippen LogP contribution in [0.2, 0.25) is 0 Å².